The van der Waals surface area contributed by atoms with Crippen LogP contribution in [0, 0.1) is 0 Å². The summed E-state index contributed by atoms with van der Waals surface area (Å²) in [7, 11) is 0. The number of carbonyl (C=O) groups is 1. The maximum Gasteiger partial charge on any atom is 0.326 e. The van der Waals surface area contributed by atoms with Crippen molar-refractivity contribution in [3.05, 3.63) is 0 Å². The molecule has 0 aliphatic heterocycles. The third kappa shape index (κ3) is 1.87. The first-order valence-electron chi connectivity index (χ1n) is 3.78. The van der Waals surface area contributed by atoms with Crippen LogP contribution in [0.3, 0.4) is 0 Å². The van der Waals surface area contributed by atoms with E-state index in [-0.39, 0.29) is 11.5 Å². The highest BCUT2D eigenvalue weighted by molar-refractivity contribution is 7.80. The SMILES string of the molecule is CCOC(=O)C1(NCS)CC1. The zero-order valence-electron chi connectivity index (χ0n) is 6.59. The third-order valence-electron chi connectivity index (χ3n) is 1.83. The maximum absolute atomic E-state index is 11.2. The van der Waals surface area contributed by atoms with Gasteiger partial charge in [0.25, 0.3) is 0 Å². The van der Waals surface area contributed by atoms with E-state index in [9.17, 15) is 4.79 Å². The molecule has 0 aromatic heterocycles. The van der Waals surface area contributed by atoms with E-state index >= 15 is 0 Å². The average molecular weight is 175 g/mol. The van der Waals surface area contributed by atoms with E-state index in [0.717, 1.165) is 12.8 Å². The molecule has 1 aliphatic carbocycles. The van der Waals surface area contributed by atoms with Crippen LogP contribution in [-0.4, -0.2) is 24.0 Å². The second-order valence-corrected chi connectivity index (χ2v) is 2.95. The van der Waals surface area contributed by atoms with Gasteiger partial charge in [0.15, 0.2) is 0 Å². The Morgan fingerprint density at radius 1 is 1.73 bits per heavy atom. The molecule has 0 aromatic rings. The van der Waals surface area contributed by atoms with Crippen molar-refractivity contribution in [1.29, 1.82) is 0 Å². The molecule has 1 fully saturated rings. The Balaban J connectivity index is 2.38. The van der Waals surface area contributed by atoms with Crippen LogP contribution < -0.4 is 5.32 Å². The average Bonchev–Trinajstić information content (AvgIpc) is 2.71. The Labute approximate surface area is 71.9 Å². The summed E-state index contributed by atoms with van der Waals surface area (Å²) in [5.41, 5.74) is -0.377. The predicted octanol–water partition coefficient (Wildman–Crippen LogP) is 0.559. The number of rotatable bonds is 4. The van der Waals surface area contributed by atoms with E-state index in [1.807, 2.05) is 6.92 Å². The molecule has 11 heavy (non-hydrogen) atoms. The Morgan fingerprint density at radius 3 is 2.73 bits per heavy atom. The fourth-order valence-corrected chi connectivity index (χ4v) is 1.30. The summed E-state index contributed by atoms with van der Waals surface area (Å²) in [4.78, 5) is 11.2. The van der Waals surface area contributed by atoms with Crippen molar-refractivity contribution >= 4 is 18.6 Å². The molecule has 1 rings (SSSR count). The van der Waals surface area contributed by atoms with E-state index < -0.39 is 0 Å². The standard InChI is InChI=1S/C7H13NO2S/c1-2-10-6(9)7(3-4-7)8-5-11/h8,11H,2-5H2,1H3. The largest absolute Gasteiger partial charge is 0.465 e. The van der Waals surface area contributed by atoms with Crippen LogP contribution in [0.5, 0.6) is 0 Å². The zero-order valence-corrected chi connectivity index (χ0v) is 7.49. The lowest BCUT2D eigenvalue weighted by molar-refractivity contribution is -0.146. The molecular weight excluding hydrogens is 162 g/mol. The first-order chi connectivity index (χ1) is 5.25. The molecule has 3 nitrogen and oxygen atoms in total. The summed E-state index contributed by atoms with van der Waals surface area (Å²) in [5.74, 6) is 0.396. The molecule has 0 atom stereocenters. The molecule has 1 saturated carbocycles. The summed E-state index contributed by atoms with van der Waals surface area (Å²) in [5, 5.41) is 3.01. The molecule has 0 unspecified atom stereocenters. The summed E-state index contributed by atoms with van der Waals surface area (Å²) >= 11 is 4.00. The Hall–Kier alpha value is -0.220. The van der Waals surface area contributed by atoms with Gasteiger partial charge in [-0.15, -0.1) is 0 Å². The minimum absolute atomic E-state index is 0.131. The Kier molecular flexibility index (Phi) is 2.78. The molecule has 0 heterocycles. The Morgan fingerprint density at radius 2 is 2.36 bits per heavy atom. The van der Waals surface area contributed by atoms with Crippen LogP contribution >= 0.6 is 12.6 Å². The molecule has 64 valence electrons. The monoisotopic (exact) mass is 175 g/mol. The van der Waals surface area contributed by atoms with Gasteiger partial charge in [-0.05, 0) is 19.8 Å². The second-order valence-electron chi connectivity index (χ2n) is 2.64. The lowest BCUT2D eigenvalue weighted by Gasteiger charge is -2.13. The predicted molar refractivity (Wildman–Crippen MR) is 45.6 cm³/mol. The number of esters is 1. The molecule has 4 heteroatoms. The van der Waals surface area contributed by atoms with Gasteiger partial charge in [0.05, 0.1) is 6.61 Å². The molecular formula is C7H13NO2S. The third-order valence-corrected chi connectivity index (χ3v) is 1.99. The number of ether oxygens (including phenoxy) is 1. The van der Waals surface area contributed by atoms with Crippen molar-refractivity contribution in [2.24, 2.45) is 0 Å². The van der Waals surface area contributed by atoms with Gasteiger partial charge in [0.1, 0.15) is 5.54 Å². The molecule has 0 aromatic carbocycles. The smallest absolute Gasteiger partial charge is 0.326 e. The zero-order chi connectivity index (χ0) is 8.32. The highest BCUT2D eigenvalue weighted by Gasteiger charge is 2.50. The van der Waals surface area contributed by atoms with E-state index in [1.165, 1.54) is 0 Å². The summed E-state index contributed by atoms with van der Waals surface area (Å²) in [6, 6.07) is 0. The van der Waals surface area contributed by atoms with Gasteiger partial charge in [-0.1, -0.05) is 0 Å². The highest BCUT2D eigenvalue weighted by atomic mass is 32.1. The van der Waals surface area contributed by atoms with Gasteiger partial charge in [0, 0.05) is 5.88 Å². The molecule has 0 spiro atoms. The first kappa shape index (κ1) is 8.87. The van der Waals surface area contributed by atoms with Crippen molar-refractivity contribution in [2.75, 3.05) is 12.5 Å². The van der Waals surface area contributed by atoms with Gasteiger partial charge in [-0.3, -0.25) is 10.1 Å². The van der Waals surface area contributed by atoms with E-state index in [1.54, 1.807) is 0 Å². The van der Waals surface area contributed by atoms with E-state index in [4.69, 9.17) is 4.74 Å². The lowest BCUT2D eigenvalue weighted by Crippen LogP contribution is -2.39. The van der Waals surface area contributed by atoms with Gasteiger partial charge in [0.2, 0.25) is 0 Å². The fourth-order valence-electron chi connectivity index (χ4n) is 0.999. The summed E-state index contributed by atoms with van der Waals surface area (Å²) in [6.45, 7) is 2.27. The van der Waals surface area contributed by atoms with Gasteiger partial charge < -0.3 is 4.74 Å². The van der Waals surface area contributed by atoms with Crippen LogP contribution in [0.4, 0.5) is 0 Å². The number of nitrogens with one attached hydrogen (secondary N) is 1. The molecule has 0 amide bonds. The quantitative estimate of drug-likeness (QED) is 0.372. The molecule has 0 radical (unpaired) electrons. The number of thiol groups is 1. The van der Waals surface area contributed by atoms with Crippen LogP contribution in [0.2, 0.25) is 0 Å². The number of hydrogen-bond donors (Lipinski definition) is 2. The van der Waals surface area contributed by atoms with Crippen molar-refractivity contribution in [3.8, 4) is 0 Å². The van der Waals surface area contributed by atoms with Gasteiger partial charge in [-0.25, -0.2) is 0 Å². The summed E-state index contributed by atoms with van der Waals surface area (Å²) in [6.07, 6.45) is 1.76. The molecule has 0 saturated heterocycles. The topological polar surface area (TPSA) is 38.3 Å². The Bertz CT molecular complexity index is 157. The molecule has 0 bridgehead atoms. The normalized spacial score (nSPS) is 19.5. The number of carbonyl (C=O) groups excluding carboxylic acids is 1. The fraction of sp³-hybridized carbons (Fsp3) is 0.857. The number of hydrogen-bond acceptors (Lipinski definition) is 4. The minimum atomic E-state index is -0.377. The highest BCUT2D eigenvalue weighted by Crippen LogP contribution is 2.36. The maximum atomic E-state index is 11.2. The summed E-state index contributed by atoms with van der Waals surface area (Å²) < 4.78 is 4.89. The van der Waals surface area contributed by atoms with E-state index in [2.05, 4.69) is 17.9 Å². The van der Waals surface area contributed by atoms with Crippen molar-refractivity contribution < 1.29 is 9.53 Å². The van der Waals surface area contributed by atoms with Crippen molar-refractivity contribution in [2.45, 2.75) is 25.3 Å². The van der Waals surface area contributed by atoms with Crippen molar-refractivity contribution in [1.82, 2.24) is 5.32 Å². The molecule has 1 N–H and O–H groups in total. The molecule has 1 aliphatic rings. The second kappa shape index (κ2) is 3.45. The van der Waals surface area contributed by atoms with Crippen LogP contribution in [0.25, 0.3) is 0 Å². The van der Waals surface area contributed by atoms with Crippen LogP contribution in [0.15, 0.2) is 0 Å². The lowest BCUT2D eigenvalue weighted by atomic mass is 10.3. The van der Waals surface area contributed by atoms with Gasteiger partial charge in [-0.2, -0.15) is 12.6 Å². The van der Waals surface area contributed by atoms with E-state index in [0.29, 0.717) is 12.5 Å². The van der Waals surface area contributed by atoms with Crippen LogP contribution in [0.1, 0.15) is 19.8 Å². The van der Waals surface area contributed by atoms with Crippen molar-refractivity contribution in [3.63, 3.8) is 0 Å². The van der Waals surface area contributed by atoms with Crippen LogP contribution in [-0.2, 0) is 9.53 Å². The van der Waals surface area contributed by atoms with Gasteiger partial charge >= 0.3 is 5.97 Å². The minimum Gasteiger partial charge on any atom is -0.465 e. The first-order valence-corrected chi connectivity index (χ1v) is 4.41.